The summed E-state index contributed by atoms with van der Waals surface area (Å²) >= 11 is 1.59. The highest BCUT2D eigenvalue weighted by atomic mass is 32.1. The summed E-state index contributed by atoms with van der Waals surface area (Å²) in [4.78, 5) is 23.7. The Labute approximate surface area is 117 Å². The minimum absolute atomic E-state index is 0.433. The molecule has 0 saturated heterocycles. The van der Waals surface area contributed by atoms with Crippen LogP contribution < -0.4 is 10.6 Å². The van der Waals surface area contributed by atoms with Crippen molar-refractivity contribution in [2.75, 3.05) is 0 Å². The van der Waals surface area contributed by atoms with Crippen LogP contribution >= 0.6 is 11.3 Å². The molecule has 1 rings (SSSR count). The molecule has 19 heavy (non-hydrogen) atoms. The molecule has 0 unspecified atom stereocenters. The summed E-state index contributed by atoms with van der Waals surface area (Å²) in [6.07, 6.45) is 2.07. The van der Waals surface area contributed by atoms with E-state index in [2.05, 4.69) is 17.6 Å². The van der Waals surface area contributed by atoms with E-state index in [9.17, 15) is 9.59 Å². The third-order valence-electron chi connectivity index (χ3n) is 2.81. The fourth-order valence-electron chi connectivity index (χ4n) is 1.75. The smallest absolute Gasteiger partial charge is 0.326 e. The van der Waals surface area contributed by atoms with E-state index in [4.69, 9.17) is 5.11 Å². The van der Waals surface area contributed by atoms with Gasteiger partial charge in [0, 0.05) is 4.88 Å². The van der Waals surface area contributed by atoms with Crippen LogP contribution in [0, 0.1) is 0 Å². The summed E-state index contributed by atoms with van der Waals surface area (Å²) in [5.74, 6) is -0.998. The first kappa shape index (κ1) is 15.5. The van der Waals surface area contributed by atoms with Crippen LogP contribution in [0.15, 0.2) is 11.4 Å². The lowest BCUT2D eigenvalue weighted by Gasteiger charge is -2.14. The van der Waals surface area contributed by atoms with Crippen molar-refractivity contribution in [3.8, 4) is 0 Å². The maximum absolute atomic E-state index is 11.6. The zero-order valence-corrected chi connectivity index (χ0v) is 12.0. The summed E-state index contributed by atoms with van der Waals surface area (Å²) in [6, 6.07) is 0.784. The number of carboxylic acids is 1. The van der Waals surface area contributed by atoms with E-state index in [0.717, 1.165) is 11.3 Å². The summed E-state index contributed by atoms with van der Waals surface area (Å²) in [6.45, 7) is 4.38. The summed E-state index contributed by atoms with van der Waals surface area (Å²) in [5.41, 5.74) is 1.22. The molecule has 1 aromatic rings. The van der Waals surface area contributed by atoms with Crippen molar-refractivity contribution in [2.24, 2.45) is 0 Å². The highest BCUT2D eigenvalue weighted by Gasteiger charge is 2.18. The van der Waals surface area contributed by atoms with Gasteiger partial charge in [-0.05, 0) is 29.9 Å². The van der Waals surface area contributed by atoms with Crippen LogP contribution in [0.3, 0.4) is 0 Å². The van der Waals surface area contributed by atoms with E-state index >= 15 is 0 Å². The number of carboxylic acid groups (broad SMARTS) is 1. The first-order valence-electron chi connectivity index (χ1n) is 6.40. The Hall–Kier alpha value is -1.56. The predicted molar refractivity (Wildman–Crippen MR) is 75.4 cm³/mol. The predicted octanol–water partition coefficient (Wildman–Crippen LogP) is 2.36. The van der Waals surface area contributed by atoms with Crippen molar-refractivity contribution >= 4 is 23.3 Å². The van der Waals surface area contributed by atoms with Gasteiger partial charge in [-0.25, -0.2) is 9.59 Å². The van der Waals surface area contributed by atoms with Crippen molar-refractivity contribution in [3.05, 3.63) is 21.9 Å². The molecule has 106 valence electrons. The van der Waals surface area contributed by atoms with Gasteiger partial charge in [0.2, 0.25) is 0 Å². The van der Waals surface area contributed by atoms with Gasteiger partial charge >= 0.3 is 12.0 Å². The largest absolute Gasteiger partial charge is 0.480 e. The SMILES string of the molecule is CCC[C@H](NC(=O)NCc1sccc1CC)C(=O)O. The van der Waals surface area contributed by atoms with Crippen molar-refractivity contribution in [2.45, 2.75) is 45.7 Å². The molecule has 2 amide bonds. The highest BCUT2D eigenvalue weighted by molar-refractivity contribution is 7.10. The van der Waals surface area contributed by atoms with E-state index in [1.807, 2.05) is 18.4 Å². The summed E-state index contributed by atoms with van der Waals surface area (Å²) in [5, 5.41) is 16.1. The topological polar surface area (TPSA) is 78.4 Å². The lowest BCUT2D eigenvalue weighted by atomic mass is 10.2. The van der Waals surface area contributed by atoms with Crippen molar-refractivity contribution < 1.29 is 14.7 Å². The molecule has 1 heterocycles. The van der Waals surface area contributed by atoms with Gasteiger partial charge in [0.05, 0.1) is 6.54 Å². The lowest BCUT2D eigenvalue weighted by Crippen LogP contribution is -2.45. The number of amides is 2. The summed E-state index contributed by atoms with van der Waals surface area (Å²) < 4.78 is 0. The number of carbonyl (C=O) groups is 2. The third kappa shape index (κ3) is 4.90. The number of nitrogens with one attached hydrogen (secondary N) is 2. The molecule has 0 aromatic carbocycles. The first-order valence-corrected chi connectivity index (χ1v) is 7.28. The Balaban J connectivity index is 2.44. The third-order valence-corrected chi connectivity index (χ3v) is 3.77. The van der Waals surface area contributed by atoms with Crippen LogP contribution in [0.1, 0.15) is 37.1 Å². The molecule has 0 aliphatic heterocycles. The average Bonchev–Trinajstić information content (AvgIpc) is 2.83. The minimum atomic E-state index is -0.998. The zero-order chi connectivity index (χ0) is 14.3. The number of carbonyl (C=O) groups excluding carboxylic acids is 1. The fourth-order valence-corrected chi connectivity index (χ4v) is 2.67. The molecule has 1 aromatic heterocycles. The van der Waals surface area contributed by atoms with E-state index in [1.54, 1.807) is 11.3 Å². The minimum Gasteiger partial charge on any atom is -0.480 e. The Morgan fingerprint density at radius 3 is 2.74 bits per heavy atom. The molecule has 3 N–H and O–H groups in total. The quantitative estimate of drug-likeness (QED) is 0.719. The number of thiophene rings is 1. The highest BCUT2D eigenvalue weighted by Crippen LogP contribution is 2.16. The second-order valence-electron chi connectivity index (χ2n) is 4.23. The van der Waals surface area contributed by atoms with Gasteiger partial charge in [0.15, 0.2) is 0 Å². The van der Waals surface area contributed by atoms with E-state index in [1.165, 1.54) is 5.56 Å². The van der Waals surface area contributed by atoms with Crippen molar-refractivity contribution in [1.29, 1.82) is 0 Å². The van der Waals surface area contributed by atoms with Crippen LogP contribution in [-0.4, -0.2) is 23.1 Å². The van der Waals surface area contributed by atoms with Gasteiger partial charge < -0.3 is 15.7 Å². The molecule has 0 aliphatic rings. The number of urea groups is 1. The molecular weight excluding hydrogens is 264 g/mol. The Bertz CT molecular complexity index is 431. The molecule has 5 nitrogen and oxygen atoms in total. The molecule has 0 fully saturated rings. The van der Waals surface area contributed by atoms with Crippen LogP contribution in [0.25, 0.3) is 0 Å². The molecule has 0 bridgehead atoms. The van der Waals surface area contributed by atoms with E-state index in [0.29, 0.717) is 19.4 Å². The Morgan fingerprint density at radius 2 is 2.16 bits per heavy atom. The standard InChI is InChI=1S/C13H20N2O3S/c1-3-5-10(12(16)17)15-13(18)14-8-11-9(4-2)6-7-19-11/h6-7,10H,3-5,8H2,1-2H3,(H,16,17)(H2,14,15,18)/t10-/m0/s1. The normalized spacial score (nSPS) is 11.9. The monoisotopic (exact) mass is 284 g/mol. The molecule has 0 saturated carbocycles. The molecular formula is C13H20N2O3S. The van der Waals surface area contributed by atoms with Crippen molar-refractivity contribution in [1.82, 2.24) is 10.6 Å². The first-order chi connectivity index (χ1) is 9.08. The fraction of sp³-hybridized carbons (Fsp3) is 0.538. The number of hydrogen-bond acceptors (Lipinski definition) is 3. The second-order valence-corrected chi connectivity index (χ2v) is 5.23. The van der Waals surface area contributed by atoms with Crippen molar-refractivity contribution in [3.63, 3.8) is 0 Å². The van der Waals surface area contributed by atoms with Gasteiger partial charge in [-0.15, -0.1) is 11.3 Å². The lowest BCUT2D eigenvalue weighted by molar-refractivity contribution is -0.139. The van der Waals surface area contributed by atoms with Crippen LogP contribution in [0.4, 0.5) is 4.79 Å². The van der Waals surface area contributed by atoms with E-state index in [-0.39, 0.29) is 0 Å². The number of aryl methyl sites for hydroxylation is 1. The number of hydrogen-bond donors (Lipinski definition) is 3. The van der Waals surface area contributed by atoms with Gasteiger partial charge in [-0.2, -0.15) is 0 Å². The molecule has 0 spiro atoms. The van der Waals surface area contributed by atoms with Crippen LogP contribution in [0.5, 0.6) is 0 Å². The molecule has 1 atom stereocenters. The van der Waals surface area contributed by atoms with Gasteiger partial charge in [-0.1, -0.05) is 20.3 Å². The van der Waals surface area contributed by atoms with Crippen LogP contribution in [0.2, 0.25) is 0 Å². The Kier molecular flexibility index (Phi) is 6.35. The van der Waals surface area contributed by atoms with Gasteiger partial charge in [-0.3, -0.25) is 0 Å². The molecule has 0 radical (unpaired) electrons. The average molecular weight is 284 g/mol. The number of rotatable bonds is 7. The van der Waals surface area contributed by atoms with Gasteiger partial charge in [0.1, 0.15) is 6.04 Å². The van der Waals surface area contributed by atoms with Crippen LogP contribution in [-0.2, 0) is 17.8 Å². The zero-order valence-electron chi connectivity index (χ0n) is 11.2. The Morgan fingerprint density at radius 1 is 1.42 bits per heavy atom. The maximum Gasteiger partial charge on any atom is 0.326 e. The second kappa shape index (κ2) is 7.78. The number of aliphatic carboxylic acids is 1. The maximum atomic E-state index is 11.6. The summed E-state index contributed by atoms with van der Waals surface area (Å²) in [7, 11) is 0. The van der Waals surface area contributed by atoms with Gasteiger partial charge in [0.25, 0.3) is 0 Å². The van der Waals surface area contributed by atoms with E-state index < -0.39 is 18.0 Å². The molecule has 0 aliphatic carbocycles. The molecule has 6 heteroatoms.